The van der Waals surface area contributed by atoms with Gasteiger partial charge in [-0.25, -0.2) is 10.8 Å². The number of benzene rings is 1. The summed E-state index contributed by atoms with van der Waals surface area (Å²) in [5.41, 5.74) is 6.43. The highest BCUT2D eigenvalue weighted by Gasteiger charge is 2.00. The Labute approximate surface area is 112 Å². The van der Waals surface area contributed by atoms with E-state index in [1.165, 1.54) is 21.6 Å². The maximum atomic E-state index is 5.34. The lowest BCUT2D eigenvalue weighted by molar-refractivity contribution is 1.20. The van der Waals surface area contributed by atoms with Gasteiger partial charge in [0.1, 0.15) is 5.82 Å². The summed E-state index contributed by atoms with van der Waals surface area (Å²) in [4.78, 5) is 5.38. The van der Waals surface area contributed by atoms with E-state index in [0.717, 1.165) is 5.75 Å². The van der Waals surface area contributed by atoms with Crippen LogP contribution in [0.4, 0.5) is 5.82 Å². The molecule has 1 heterocycles. The first-order valence-corrected chi connectivity index (χ1v) is 6.79. The van der Waals surface area contributed by atoms with Gasteiger partial charge >= 0.3 is 0 Å². The van der Waals surface area contributed by atoms with Crippen molar-refractivity contribution in [3.63, 3.8) is 0 Å². The molecule has 3 nitrogen and oxygen atoms in total. The Morgan fingerprint density at radius 3 is 2.72 bits per heavy atom. The van der Waals surface area contributed by atoms with Gasteiger partial charge in [0.25, 0.3) is 0 Å². The number of anilines is 1. The van der Waals surface area contributed by atoms with Crippen LogP contribution in [-0.4, -0.2) is 4.98 Å². The number of rotatable bonds is 4. The molecule has 94 valence electrons. The summed E-state index contributed by atoms with van der Waals surface area (Å²) in [5, 5.41) is 0. The molecule has 2 rings (SSSR count). The zero-order valence-electron chi connectivity index (χ0n) is 10.6. The van der Waals surface area contributed by atoms with Gasteiger partial charge in [-0.1, -0.05) is 6.07 Å². The van der Waals surface area contributed by atoms with Crippen LogP contribution in [0.1, 0.15) is 16.7 Å². The van der Waals surface area contributed by atoms with E-state index < -0.39 is 0 Å². The Morgan fingerprint density at radius 1 is 1.17 bits per heavy atom. The molecule has 0 aliphatic carbocycles. The number of nitrogens with two attached hydrogens (primary N) is 1. The number of nitrogens with zero attached hydrogens (tertiary/aromatic N) is 1. The maximum absolute atomic E-state index is 5.34. The number of thioether (sulfide) groups is 1. The summed E-state index contributed by atoms with van der Waals surface area (Å²) < 4.78 is 0. The standard InChI is InChI=1S/C14H17N3S/c1-10-3-4-13(7-11(10)2)18-9-12-5-6-16-14(8-12)17-15/h3-8H,9,15H2,1-2H3,(H,16,17). The summed E-state index contributed by atoms with van der Waals surface area (Å²) in [7, 11) is 0. The van der Waals surface area contributed by atoms with Crippen molar-refractivity contribution in [2.24, 2.45) is 5.84 Å². The predicted octanol–water partition coefficient (Wildman–Crippen LogP) is 3.28. The lowest BCUT2D eigenvalue weighted by Gasteiger charge is -2.06. The van der Waals surface area contributed by atoms with Gasteiger partial charge in [-0.2, -0.15) is 0 Å². The lowest BCUT2D eigenvalue weighted by Crippen LogP contribution is -2.08. The first-order valence-electron chi connectivity index (χ1n) is 5.80. The fraction of sp³-hybridized carbons (Fsp3) is 0.214. The number of nitrogens with one attached hydrogen (secondary N) is 1. The van der Waals surface area contributed by atoms with E-state index in [0.29, 0.717) is 5.82 Å². The summed E-state index contributed by atoms with van der Waals surface area (Å²) in [5.74, 6) is 6.96. The van der Waals surface area contributed by atoms with Crippen molar-refractivity contribution in [3.05, 3.63) is 53.2 Å². The molecule has 4 heteroatoms. The van der Waals surface area contributed by atoms with E-state index in [2.05, 4.69) is 42.5 Å². The van der Waals surface area contributed by atoms with Crippen molar-refractivity contribution in [3.8, 4) is 0 Å². The molecule has 0 unspecified atom stereocenters. The molecular weight excluding hydrogens is 242 g/mol. The van der Waals surface area contributed by atoms with Gasteiger partial charge in [-0.3, -0.25) is 0 Å². The first-order chi connectivity index (χ1) is 8.69. The first kappa shape index (κ1) is 12.9. The quantitative estimate of drug-likeness (QED) is 0.502. The number of aryl methyl sites for hydroxylation is 2. The third kappa shape index (κ3) is 3.24. The molecule has 0 saturated heterocycles. The molecule has 1 aromatic heterocycles. The van der Waals surface area contributed by atoms with Crippen LogP contribution < -0.4 is 11.3 Å². The molecule has 0 atom stereocenters. The fourth-order valence-electron chi connectivity index (χ4n) is 1.61. The Kier molecular flexibility index (Phi) is 4.23. The number of hydrogen-bond acceptors (Lipinski definition) is 4. The SMILES string of the molecule is Cc1ccc(SCc2ccnc(NN)c2)cc1C. The molecule has 0 aliphatic heterocycles. The highest BCUT2D eigenvalue weighted by molar-refractivity contribution is 7.98. The molecule has 18 heavy (non-hydrogen) atoms. The van der Waals surface area contributed by atoms with Crippen LogP contribution in [0.5, 0.6) is 0 Å². The average Bonchev–Trinajstić information content (AvgIpc) is 2.40. The number of aromatic nitrogens is 1. The van der Waals surface area contributed by atoms with E-state index in [4.69, 9.17) is 5.84 Å². The molecular formula is C14H17N3S. The molecule has 0 saturated carbocycles. The van der Waals surface area contributed by atoms with Gasteiger partial charge in [0.2, 0.25) is 0 Å². The maximum Gasteiger partial charge on any atom is 0.140 e. The average molecular weight is 259 g/mol. The monoisotopic (exact) mass is 259 g/mol. The highest BCUT2D eigenvalue weighted by Crippen LogP contribution is 2.25. The molecule has 3 N–H and O–H groups in total. The van der Waals surface area contributed by atoms with Gasteiger partial charge in [0.05, 0.1) is 0 Å². The second-order valence-electron chi connectivity index (χ2n) is 4.23. The van der Waals surface area contributed by atoms with E-state index >= 15 is 0 Å². The van der Waals surface area contributed by atoms with Crippen molar-refractivity contribution < 1.29 is 0 Å². The Balaban J connectivity index is 2.04. The van der Waals surface area contributed by atoms with Gasteiger partial charge < -0.3 is 5.43 Å². The fourth-order valence-corrected chi connectivity index (χ4v) is 2.55. The predicted molar refractivity (Wildman–Crippen MR) is 77.5 cm³/mol. The van der Waals surface area contributed by atoms with Gasteiger partial charge in [0, 0.05) is 16.8 Å². The summed E-state index contributed by atoms with van der Waals surface area (Å²) in [6.45, 7) is 4.27. The molecule has 0 radical (unpaired) electrons. The van der Waals surface area contributed by atoms with Crippen molar-refractivity contribution in [2.75, 3.05) is 5.43 Å². The van der Waals surface area contributed by atoms with E-state index in [1.54, 1.807) is 6.20 Å². The topological polar surface area (TPSA) is 50.9 Å². The van der Waals surface area contributed by atoms with Crippen LogP contribution in [0, 0.1) is 13.8 Å². The second kappa shape index (κ2) is 5.89. The zero-order chi connectivity index (χ0) is 13.0. The molecule has 0 amide bonds. The van der Waals surface area contributed by atoms with Crippen molar-refractivity contribution in [1.29, 1.82) is 0 Å². The smallest absolute Gasteiger partial charge is 0.140 e. The normalized spacial score (nSPS) is 10.4. The minimum atomic E-state index is 0.702. The van der Waals surface area contributed by atoms with Crippen LogP contribution in [0.3, 0.4) is 0 Å². The third-order valence-electron chi connectivity index (χ3n) is 2.86. The lowest BCUT2D eigenvalue weighted by atomic mass is 10.1. The van der Waals surface area contributed by atoms with Gasteiger partial charge in [-0.15, -0.1) is 11.8 Å². The molecule has 0 spiro atoms. The largest absolute Gasteiger partial charge is 0.308 e. The summed E-state index contributed by atoms with van der Waals surface area (Å²) in [6, 6.07) is 10.5. The number of pyridine rings is 1. The molecule has 2 aromatic rings. The number of hydrogen-bond donors (Lipinski definition) is 2. The minimum Gasteiger partial charge on any atom is -0.308 e. The van der Waals surface area contributed by atoms with Gasteiger partial charge in [-0.05, 0) is 54.8 Å². The summed E-state index contributed by atoms with van der Waals surface area (Å²) >= 11 is 1.82. The van der Waals surface area contributed by atoms with E-state index in [9.17, 15) is 0 Å². The van der Waals surface area contributed by atoms with Crippen LogP contribution in [0.25, 0.3) is 0 Å². The number of hydrazine groups is 1. The Morgan fingerprint density at radius 2 is 2.00 bits per heavy atom. The van der Waals surface area contributed by atoms with Crippen molar-refractivity contribution >= 4 is 17.6 Å². The third-order valence-corrected chi connectivity index (χ3v) is 3.92. The minimum absolute atomic E-state index is 0.702. The van der Waals surface area contributed by atoms with Crippen molar-refractivity contribution in [1.82, 2.24) is 4.98 Å². The van der Waals surface area contributed by atoms with Crippen molar-refractivity contribution in [2.45, 2.75) is 24.5 Å². The molecule has 0 bridgehead atoms. The van der Waals surface area contributed by atoms with Crippen LogP contribution in [0.2, 0.25) is 0 Å². The molecule has 0 fully saturated rings. The zero-order valence-corrected chi connectivity index (χ0v) is 11.4. The molecule has 1 aromatic carbocycles. The summed E-state index contributed by atoms with van der Waals surface area (Å²) in [6.07, 6.45) is 1.77. The van der Waals surface area contributed by atoms with E-state index in [-0.39, 0.29) is 0 Å². The van der Waals surface area contributed by atoms with Gasteiger partial charge in [0.15, 0.2) is 0 Å². The second-order valence-corrected chi connectivity index (χ2v) is 5.28. The Hall–Kier alpha value is -1.52. The van der Waals surface area contributed by atoms with E-state index in [1.807, 2.05) is 23.9 Å². The highest BCUT2D eigenvalue weighted by atomic mass is 32.2. The number of nitrogen functional groups attached to an aromatic ring is 1. The molecule has 0 aliphatic rings. The Bertz CT molecular complexity index is 540. The van der Waals surface area contributed by atoms with Crippen LogP contribution in [0.15, 0.2) is 41.4 Å². The van der Waals surface area contributed by atoms with Crippen LogP contribution >= 0.6 is 11.8 Å². The van der Waals surface area contributed by atoms with Crippen LogP contribution in [-0.2, 0) is 5.75 Å².